The third kappa shape index (κ3) is 7.33. The SMILES string of the molecule is CNC(=O)c1cccc(-c2ccc(C(CN3CCOCC3)N(C)C(=O)CN(CN)c3ccc(Cl)c(Cl)c3)cc2)c1. The molecule has 212 valence electrons. The Morgan fingerprint density at radius 2 is 1.73 bits per heavy atom. The summed E-state index contributed by atoms with van der Waals surface area (Å²) in [6, 6.07) is 20.7. The van der Waals surface area contributed by atoms with Crippen molar-refractivity contribution >= 4 is 40.7 Å². The zero-order valence-corrected chi connectivity index (χ0v) is 24.3. The summed E-state index contributed by atoms with van der Waals surface area (Å²) in [7, 11) is 3.45. The lowest BCUT2D eigenvalue weighted by Gasteiger charge is -2.36. The molecular formula is C30H35Cl2N5O3. The van der Waals surface area contributed by atoms with Crippen LogP contribution in [0, 0.1) is 0 Å². The Hall–Kier alpha value is -3.14. The van der Waals surface area contributed by atoms with Gasteiger partial charge in [0.15, 0.2) is 0 Å². The van der Waals surface area contributed by atoms with Gasteiger partial charge in [-0.25, -0.2) is 0 Å². The summed E-state index contributed by atoms with van der Waals surface area (Å²) < 4.78 is 5.54. The molecule has 1 fully saturated rings. The highest BCUT2D eigenvalue weighted by atomic mass is 35.5. The fourth-order valence-electron chi connectivity index (χ4n) is 4.75. The zero-order valence-electron chi connectivity index (χ0n) is 22.8. The minimum atomic E-state index is -0.190. The van der Waals surface area contributed by atoms with E-state index < -0.39 is 0 Å². The molecule has 0 bridgehead atoms. The van der Waals surface area contributed by atoms with Crippen LogP contribution in [-0.2, 0) is 9.53 Å². The smallest absolute Gasteiger partial charge is 0.251 e. The highest BCUT2D eigenvalue weighted by Gasteiger charge is 2.26. The highest BCUT2D eigenvalue weighted by Crippen LogP contribution is 2.29. The van der Waals surface area contributed by atoms with Crippen LogP contribution in [0.1, 0.15) is 22.0 Å². The molecule has 1 atom stereocenters. The molecule has 10 heteroatoms. The van der Waals surface area contributed by atoms with Crippen LogP contribution in [0.15, 0.2) is 66.7 Å². The second-order valence-corrected chi connectivity index (χ2v) is 10.5. The summed E-state index contributed by atoms with van der Waals surface area (Å²) in [5.74, 6) is -0.200. The van der Waals surface area contributed by atoms with Crippen molar-refractivity contribution in [1.82, 2.24) is 15.1 Å². The van der Waals surface area contributed by atoms with Gasteiger partial charge in [-0.3, -0.25) is 14.5 Å². The van der Waals surface area contributed by atoms with Gasteiger partial charge in [-0.1, -0.05) is 59.6 Å². The maximum atomic E-state index is 13.6. The first-order chi connectivity index (χ1) is 19.3. The van der Waals surface area contributed by atoms with Gasteiger partial charge in [0.1, 0.15) is 0 Å². The predicted octanol–water partition coefficient (Wildman–Crippen LogP) is 4.27. The normalized spacial score (nSPS) is 14.4. The fourth-order valence-corrected chi connectivity index (χ4v) is 5.05. The Morgan fingerprint density at radius 3 is 2.38 bits per heavy atom. The van der Waals surface area contributed by atoms with Gasteiger partial charge in [0, 0.05) is 45.0 Å². The van der Waals surface area contributed by atoms with Gasteiger partial charge in [0.2, 0.25) is 5.91 Å². The van der Waals surface area contributed by atoms with Crippen molar-refractivity contribution in [2.24, 2.45) is 5.73 Å². The first kappa shape index (κ1) is 29.8. The molecule has 0 radical (unpaired) electrons. The standard InChI is InChI=1S/C30H35Cl2N5O3/c1-34-30(39)24-5-3-4-23(16-24)21-6-8-22(9-7-21)28(18-36-12-14-40-15-13-36)35(2)29(38)19-37(20-33)25-10-11-26(31)27(32)17-25/h3-11,16-17,28H,12-15,18-20,33H2,1-2H3,(H,34,39). The molecule has 0 aromatic heterocycles. The lowest BCUT2D eigenvalue weighted by Crippen LogP contribution is -2.47. The van der Waals surface area contributed by atoms with E-state index in [2.05, 4.69) is 22.3 Å². The number of carbonyl (C=O) groups is 2. The number of amides is 2. The summed E-state index contributed by atoms with van der Waals surface area (Å²) in [4.78, 5) is 31.6. The summed E-state index contributed by atoms with van der Waals surface area (Å²) in [5, 5.41) is 3.52. The minimum absolute atomic E-state index is 0.0721. The van der Waals surface area contributed by atoms with E-state index in [-0.39, 0.29) is 31.1 Å². The molecule has 2 amide bonds. The van der Waals surface area contributed by atoms with E-state index >= 15 is 0 Å². The lowest BCUT2D eigenvalue weighted by molar-refractivity contribution is -0.131. The summed E-state index contributed by atoms with van der Waals surface area (Å²) in [5.41, 5.74) is 10.3. The van der Waals surface area contributed by atoms with Crippen LogP contribution in [0.25, 0.3) is 11.1 Å². The minimum Gasteiger partial charge on any atom is -0.379 e. The van der Waals surface area contributed by atoms with Gasteiger partial charge >= 0.3 is 0 Å². The van der Waals surface area contributed by atoms with Crippen molar-refractivity contribution in [2.75, 3.05) is 65.1 Å². The Kier molecular flexibility index (Phi) is 10.4. The van der Waals surface area contributed by atoms with Crippen molar-refractivity contribution in [3.8, 4) is 11.1 Å². The maximum Gasteiger partial charge on any atom is 0.251 e. The third-order valence-electron chi connectivity index (χ3n) is 7.19. The van der Waals surface area contributed by atoms with E-state index in [1.54, 1.807) is 41.1 Å². The monoisotopic (exact) mass is 583 g/mol. The number of hydrogen-bond acceptors (Lipinski definition) is 6. The molecule has 0 spiro atoms. The first-order valence-electron chi connectivity index (χ1n) is 13.2. The summed E-state index contributed by atoms with van der Waals surface area (Å²) in [6.45, 7) is 3.87. The molecule has 3 N–H and O–H groups in total. The Balaban J connectivity index is 1.56. The van der Waals surface area contributed by atoms with Gasteiger partial charge in [-0.2, -0.15) is 0 Å². The number of likely N-dealkylation sites (N-methyl/N-ethyl adjacent to an activating group) is 1. The molecule has 40 heavy (non-hydrogen) atoms. The number of carbonyl (C=O) groups excluding carboxylic acids is 2. The molecule has 0 aliphatic carbocycles. The van der Waals surface area contributed by atoms with Gasteiger partial charge in [-0.15, -0.1) is 0 Å². The topological polar surface area (TPSA) is 91.1 Å². The van der Waals surface area contributed by atoms with Gasteiger partial charge in [-0.05, 0) is 47.0 Å². The fraction of sp³-hybridized carbons (Fsp3) is 0.333. The van der Waals surface area contributed by atoms with Crippen molar-refractivity contribution in [2.45, 2.75) is 6.04 Å². The van der Waals surface area contributed by atoms with Crippen LogP contribution < -0.4 is 16.0 Å². The van der Waals surface area contributed by atoms with Crippen LogP contribution in [-0.4, -0.2) is 81.8 Å². The van der Waals surface area contributed by atoms with Crippen molar-refractivity contribution < 1.29 is 14.3 Å². The number of nitrogens with two attached hydrogens (primary N) is 1. The van der Waals surface area contributed by atoms with Crippen molar-refractivity contribution in [1.29, 1.82) is 0 Å². The number of benzene rings is 3. The second-order valence-electron chi connectivity index (χ2n) is 9.69. The average Bonchev–Trinajstić information content (AvgIpc) is 3.00. The average molecular weight is 585 g/mol. The number of halogens is 2. The molecule has 8 nitrogen and oxygen atoms in total. The molecule has 1 saturated heterocycles. The Bertz CT molecular complexity index is 1310. The summed E-state index contributed by atoms with van der Waals surface area (Å²) in [6.07, 6.45) is 0. The molecule has 0 saturated carbocycles. The van der Waals surface area contributed by atoms with Crippen LogP contribution >= 0.6 is 23.2 Å². The van der Waals surface area contributed by atoms with E-state index in [1.807, 2.05) is 37.4 Å². The summed E-state index contributed by atoms with van der Waals surface area (Å²) >= 11 is 12.3. The molecule has 1 aliphatic heterocycles. The van der Waals surface area contributed by atoms with Crippen molar-refractivity contribution in [3.05, 3.63) is 87.9 Å². The second kappa shape index (κ2) is 14.0. The molecule has 1 unspecified atom stereocenters. The highest BCUT2D eigenvalue weighted by molar-refractivity contribution is 6.42. The van der Waals surface area contributed by atoms with E-state index in [1.165, 1.54) is 0 Å². The van der Waals surface area contributed by atoms with Crippen molar-refractivity contribution in [3.63, 3.8) is 0 Å². The first-order valence-corrected chi connectivity index (χ1v) is 13.9. The van der Waals surface area contributed by atoms with Crippen LogP contribution in [0.4, 0.5) is 5.69 Å². The number of morpholine rings is 1. The quantitative estimate of drug-likeness (QED) is 0.346. The predicted molar refractivity (Wildman–Crippen MR) is 161 cm³/mol. The van der Waals surface area contributed by atoms with Crippen LogP contribution in [0.2, 0.25) is 10.0 Å². The van der Waals surface area contributed by atoms with Crippen LogP contribution in [0.5, 0.6) is 0 Å². The molecule has 3 aromatic carbocycles. The van der Waals surface area contributed by atoms with E-state index in [0.717, 1.165) is 35.5 Å². The van der Waals surface area contributed by atoms with Gasteiger partial charge < -0.3 is 25.6 Å². The number of anilines is 1. The van der Waals surface area contributed by atoms with E-state index in [0.29, 0.717) is 35.4 Å². The Morgan fingerprint density at radius 1 is 1.00 bits per heavy atom. The molecule has 1 heterocycles. The van der Waals surface area contributed by atoms with Gasteiger partial charge in [0.25, 0.3) is 5.91 Å². The van der Waals surface area contributed by atoms with E-state index in [9.17, 15) is 9.59 Å². The van der Waals surface area contributed by atoms with Gasteiger partial charge in [0.05, 0.1) is 42.5 Å². The number of ether oxygens (including phenoxy) is 1. The third-order valence-corrected chi connectivity index (χ3v) is 7.93. The van der Waals surface area contributed by atoms with E-state index in [4.69, 9.17) is 33.7 Å². The number of rotatable bonds is 10. The largest absolute Gasteiger partial charge is 0.379 e. The number of hydrogen-bond donors (Lipinski definition) is 2. The Labute approximate surface area is 245 Å². The zero-order chi connectivity index (χ0) is 28.6. The molecule has 1 aliphatic rings. The lowest BCUT2D eigenvalue weighted by atomic mass is 9.98. The molecule has 3 aromatic rings. The molecular weight excluding hydrogens is 549 g/mol. The number of nitrogens with zero attached hydrogens (tertiary/aromatic N) is 3. The number of nitrogens with one attached hydrogen (secondary N) is 1. The maximum absolute atomic E-state index is 13.6. The molecule has 4 rings (SSSR count). The van der Waals surface area contributed by atoms with Crippen LogP contribution in [0.3, 0.4) is 0 Å².